The van der Waals surface area contributed by atoms with Gasteiger partial charge >= 0.3 is 0 Å². The molecule has 0 atom stereocenters. The largest absolute Gasteiger partial charge is 0.512 e. The summed E-state index contributed by atoms with van der Waals surface area (Å²) in [7, 11) is 0. The molecule has 0 aliphatic rings. The van der Waals surface area contributed by atoms with Gasteiger partial charge < -0.3 is 10.1 Å². The van der Waals surface area contributed by atoms with Crippen molar-refractivity contribution in [2.45, 2.75) is 107 Å². The fraction of sp³-hybridized carbons (Fsp3) is 0.450. The zero-order chi connectivity index (χ0) is 32.6. The summed E-state index contributed by atoms with van der Waals surface area (Å²) in [6.07, 6.45) is 6.92. The van der Waals surface area contributed by atoms with Gasteiger partial charge in [0.15, 0.2) is 5.78 Å². The van der Waals surface area contributed by atoms with Gasteiger partial charge in [-0.3, -0.25) is 4.79 Å². The van der Waals surface area contributed by atoms with Crippen molar-refractivity contribution >= 4 is 27.2 Å². The van der Waals surface area contributed by atoms with Gasteiger partial charge in [0, 0.05) is 49.1 Å². The number of pyridine rings is 1. The average Bonchev–Trinajstić information content (AvgIpc) is 3.42. The normalized spacial score (nSPS) is 11.7. The summed E-state index contributed by atoms with van der Waals surface area (Å²) < 4.78 is 1.23. The first kappa shape index (κ1) is 38.6. The van der Waals surface area contributed by atoms with Gasteiger partial charge in [-0.05, 0) is 71.4 Å². The van der Waals surface area contributed by atoms with Gasteiger partial charge in [-0.25, -0.2) is 0 Å². The summed E-state index contributed by atoms with van der Waals surface area (Å²) in [6.45, 7) is 21.4. The quantitative estimate of drug-likeness (QED) is 0.0933. The molecule has 2 aromatic heterocycles. The SMILES string of the molecule is CCC(CC)C(=O)/C=C(\O)C(CC)CC.Cc1[c-]c(-c2cc3cc(-c4cc(C(C)C)cc(C(C)C)c4)sc3cn2)cc(C)c1.[Ir]. The average molecular weight is 803 g/mol. The van der Waals surface area contributed by atoms with Gasteiger partial charge in [-0.1, -0.05) is 93.5 Å². The summed E-state index contributed by atoms with van der Waals surface area (Å²) in [5.74, 6) is 1.59. The Bertz CT molecular complexity index is 1530. The van der Waals surface area contributed by atoms with Crippen LogP contribution in [-0.2, 0) is 24.9 Å². The van der Waals surface area contributed by atoms with E-state index in [0.717, 1.165) is 42.5 Å². The first-order valence-corrected chi connectivity index (χ1v) is 17.2. The molecule has 0 aliphatic heterocycles. The van der Waals surface area contributed by atoms with Crippen molar-refractivity contribution in [2.75, 3.05) is 0 Å². The zero-order valence-corrected chi connectivity index (χ0v) is 32.1. The van der Waals surface area contributed by atoms with Crippen molar-refractivity contribution in [3.05, 3.63) is 88.8 Å². The molecule has 4 rings (SSSR count). The molecule has 0 aliphatic carbocycles. The van der Waals surface area contributed by atoms with Crippen molar-refractivity contribution in [2.24, 2.45) is 11.8 Å². The first-order chi connectivity index (χ1) is 20.9. The van der Waals surface area contributed by atoms with E-state index in [1.165, 1.54) is 43.3 Å². The number of allylic oxidation sites excluding steroid dienone is 2. The number of nitrogens with zero attached hydrogens (tertiary/aromatic N) is 1. The molecule has 0 saturated carbocycles. The number of thiophene rings is 1. The molecule has 45 heavy (non-hydrogen) atoms. The van der Waals surface area contributed by atoms with E-state index in [-0.39, 0.29) is 43.5 Å². The standard InChI is InChI=1S/C27H28NS.C13H24O2.Ir/c1-16(2)20-10-21(17(3)4)12-23(11-20)26-14-24-13-25(28-15-27(24)29-26)22-8-18(5)7-19(6)9-22;1-5-10(6-2)12(14)9-13(15)11(7-3)8-4;/h7-8,10-17H,1-6H3;9-11,14H,5-8H2,1-4H3;/q-1;;/b;12-9-;. The zero-order valence-electron chi connectivity index (χ0n) is 28.9. The molecule has 3 nitrogen and oxygen atoms in total. The number of rotatable bonds is 11. The van der Waals surface area contributed by atoms with Crippen LogP contribution in [0.3, 0.4) is 0 Å². The Morgan fingerprint density at radius 3 is 1.93 bits per heavy atom. The summed E-state index contributed by atoms with van der Waals surface area (Å²) in [5, 5.41) is 11.0. The van der Waals surface area contributed by atoms with Crippen LogP contribution in [-0.4, -0.2) is 15.9 Å². The molecular weight excluding hydrogens is 751 g/mol. The van der Waals surface area contributed by atoms with Gasteiger partial charge in [0.05, 0.1) is 10.5 Å². The van der Waals surface area contributed by atoms with Crippen molar-refractivity contribution in [3.8, 4) is 21.7 Å². The molecule has 5 heteroatoms. The molecule has 1 N–H and O–H groups in total. The molecule has 0 spiro atoms. The van der Waals surface area contributed by atoms with E-state index in [4.69, 9.17) is 4.98 Å². The van der Waals surface area contributed by atoms with E-state index in [9.17, 15) is 9.90 Å². The first-order valence-electron chi connectivity index (χ1n) is 16.4. The van der Waals surface area contributed by atoms with E-state index in [1.54, 1.807) is 0 Å². The van der Waals surface area contributed by atoms with Crippen LogP contribution in [0.2, 0.25) is 0 Å². The molecule has 0 bridgehead atoms. The van der Waals surface area contributed by atoms with Crippen LogP contribution in [0.5, 0.6) is 0 Å². The number of carbonyl (C=O) groups is 1. The minimum Gasteiger partial charge on any atom is -0.512 e. The number of hydrogen-bond acceptors (Lipinski definition) is 4. The third-order valence-electron chi connectivity index (χ3n) is 8.51. The predicted molar refractivity (Wildman–Crippen MR) is 191 cm³/mol. The molecule has 0 saturated heterocycles. The smallest absolute Gasteiger partial charge is 0.162 e. The maximum absolute atomic E-state index is 11.7. The molecular formula is C40H52IrNO2S-. The Hall–Kier alpha value is -2.59. The van der Waals surface area contributed by atoms with Gasteiger partial charge in [0.1, 0.15) is 0 Å². The Balaban J connectivity index is 0.000000378. The number of hydrogen-bond donors (Lipinski definition) is 1. The topological polar surface area (TPSA) is 50.2 Å². The van der Waals surface area contributed by atoms with Crippen molar-refractivity contribution in [1.29, 1.82) is 0 Å². The van der Waals surface area contributed by atoms with Crippen LogP contribution in [0, 0.1) is 31.7 Å². The Morgan fingerprint density at radius 2 is 1.42 bits per heavy atom. The fourth-order valence-corrected chi connectivity index (χ4v) is 6.53. The number of fused-ring (bicyclic) bond motifs is 1. The minimum atomic E-state index is 0. The predicted octanol–water partition coefficient (Wildman–Crippen LogP) is 12.2. The second-order valence-electron chi connectivity index (χ2n) is 12.7. The van der Waals surface area contributed by atoms with Crippen LogP contribution in [0.15, 0.2) is 60.5 Å². The maximum Gasteiger partial charge on any atom is 0.162 e. The van der Waals surface area contributed by atoms with E-state index in [1.807, 2.05) is 45.2 Å². The van der Waals surface area contributed by atoms with Crippen LogP contribution in [0.1, 0.15) is 115 Å². The maximum atomic E-state index is 11.7. The molecule has 2 aromatic carbocycles. The van der Waals surface area contributed by atoms with Gasteiger partial charge in [-0.15, -0.1) is 46.2 Å². The number of aliphatic hydroxyl groups is 1. The van der Waals surface area contributed by atoms with E-state index < -0.39 is 0 Å². The molecule has 2 heterocycles. The number of ketones is 1. The summed E-state index contributed by atoms with van der Waals surface area (Å²) >= 11 is 1.83. The second kappa shape index (κ2) is 17.9. The minimum absolute atomic E-state index is 0. The fourth-order valence-electron chi connectivity index (χ4n) is 5.53. The number of aryl methyl sites for hydroxylation is 2. The van der Waals surface area contributed by atoms with Gasteiger partial charge in [0.2, 0.25) is 0 Å². The van der Waals surface area contributed by atoms with Gasteiger partial charge in [0.25, 0.3) is 0 Å². The molecule has 245 valence electrons. The van der Waals surface area contributed by atoms with Crippen molar-refractivity contribution < 1.29 is 30.0 Å². The van der Waals surface area contributed by atoms with Crippen molar-refractivity contribution in [3.63, 3.8) is 0 Å². The van der Waals surface area contributed by atoms with Crippen LogP contribution in [0.4, 0.5) is 0 Å². The Labute approximate surface area is 290 Å². The third-order valence-corrected chi connectivity index (χ3v) is 9.64. The summed E-state index contributed by atoms with van der Waals surface area (Å²) in [5.41, 5.74) is 8.60. The molecule has 0 unspecified atom stereocenters. The Morgan fingerprint density at radius 1 is 0.844 bits per heavy atom. The van der Waals surface area contributed by atoms with Crippen LogP contribution < -0.4 is 0 Å². The molecule has 4 aromatic rings. The number of benzene rings is 2. The molecule has 0 fully saturated rings. The number of aromatic nitrogens is 1. The van der Waals surface area contributed by atoms with Crippen LogP contribution >= 0.6 is 11.3 Å². The summed E-state index contributed by atoms with van der Waals surface area (Å²) in [4.78, 5) is 17.8. The monoisotopic (exact) mass is 803 g/mol. The summed E-state index contributed by atoms with van der Waals surface area (Å²) in [6, 6.07) is 19.4. The van der Waals surface area contributed by atoms with Gasteiger partial charge in [-0.2, -0.15) is 0 Å². The number of carbonyl (C=O) groups excluding carboxylic acids is 1. The second-order valence-corrected chi connectivity index (χ2v) is 13.8. The third kappa shape index (κ3) is 10.5. The Kier molecular flexibility index (Phi) is 15.4. The molecule has 1 radical (unpaired) electrons. The van der Waals surface area contributed by atoms with Crippen molar-refractivity contribution in [1.82, 2.24) is 4.98 Å². The van der Waals surface area contributed by atoms with E-state index in [0.29, 0.717) is 11.8 Å². The van der Waals surface area contributed by atoms with E-state index in [2.05, 4.69) is 90.1 Å². The number of aliphatic hydroxyl groups excluding tert-OH is 1. The van der Waals surface area contributed by atoms with Crippen LogP contribution in [0.25, 0.3) is 31.8 Å². The molecule has 0 amide bonds. The van der Waals surface area contributed by atoms with E-state index >= 15 is 0 Å².